The Kier molecular flexibility index (Phi) is 5.32. The van der Waals surface area contributed by atoms with Gasteiger partial charge in [0.15, 0.2) is 0 Å². The number of halogens is 3. The zero-order valence-corrected chi connectivity index (χ0v) is 14.4. The number of benzene rings is 2. The third kappa shape index (κ3) is 4.43. The average Bonchev–Trinajstić information content (AvgIpc) is 3.02. The van der Waals surface area contributed by atoms with E-state index in [1.54, 1.807) is 0 Å². The van der Waals surface area contributed by atoms with Gasteiger partial charge in [-0.05, 0) is 30.2 Å². The van der Waals surface area contributed by atoms with Crippen molar-refractivity contribution in [1.29, 1.82) is 0 Å². The number of carbonyl (C=O) groups excluding carboxylic acids is 1. The lowest BCUT2D eigenvalue weighted by atomic mass is 9.93. The fraction of sp³-hybridized carbons (Fsp3) is 0.350. The standard InChI is InChI=1S/C20H21F3N2O/c1-13-3-2-4-14(9-13)10-19(26)25-18-12-24-11-17(18)15-5-7-16(8-6-15)20(21,22)23/h2-9,17-18,24H,10-12H2,1H3,(H,25,26). The van der Waals surface area contributed by atoms with Gasteiger partial charge in [0.25, 0.3) is 0 Å². The number of amides is 1. The maximum absolute atomic E-state index is 12.7. The number of rotatable bonds is 4. The quantitative estimate of drug-likeness (QED) is 0.875. The van der Waals surface area contributed by atoms with Gasteiger partial charge in [0, 0.05) is 25.0 Å². The van der Waals surface area contributed by atoms with E-state index in [4.69, 9.17) is 0 Å². The molecule has 0 aromatic heterocycles. The molecule has 1 amide bonds. The van der Waals surface area contributed by atoms with E-state index in [0.29, 0.717) is 13.1 Å². The molecule has 6 heteroatoms. The molecule has 138 valence electrons. The maximum Gasteiger partial charge on any atom is 0.416 e. The highest BCUT2D eigenvalue weighted by Gasteiger charge is 2.32. The highest BCUT2D eigenvalue weighted by Crippen LogP contribution is 2.31. The van der Waals surface area contributed by atoms with Gasteiger partial charge in [-0.3, -0.25) is 4.79 Å². The minimum atomic E-state index is -4.34. The first kappa shape index (κ1) is 18.5. The topological polar surface area (TPSA) is 41.1 Å². The van der Waals surface area contributed by atoms with Gasteiger partial charge in [0.1, 0.15) is 0 Å². The van der Waals surface area contributed by atoms with Crippen molar-refractivity contribution in [3.05, 3.63) is 70.8 Å². The Morgan fingerprint density at radius 1 is 1.15 bits per heavy atom. The highest BCUT2D eigenvalue weighted by molar-refractivity contribution is 5.79. The van der Waals surface area contributed by atoms with E-state index in [1.807, 2.05) is 31.2 Å². The summed E-state index contributed by atoms with van der Waals surface area (Å²) >= 11 is 0. The number of alkyl halides is 3. The third-order valence-electron chi connectivity index (χ3n) is 4.67. The van der Waals surface area contributed by atoms with Crippen LogP contribution in [-0.4, -0.2) is 25.0 Å². The Balaban J connectivity index is 1.65. The Labute approximate surface area is 150 Å². The Bertz CT molecular complexity index is 771. The fourth-order valence-electron chi connectivity index (χ4n) is 3.37. The molecule has 1 fully saturated rings. The normalized spacial score (nSPS) is 20.2. The summed E-state index contributed by atoms with van der Waals surface area (Å²) in [6.07, 6.45) is -4.05. The largest absolute Gasteiger partial charge is 0.416 e. The van der Waals surface area contributed by atoms with Gasteiger partial charge < -0.3 is 10.6 Å². The van der Waals surface area contributed by atoms with Crippen molar-refractivity contribution in [3.8, 4) is 0 Å². The molecular formula is C20H21F3N2O. The second-order valence-electron chi connectivity index (χ2n) is 6.72. The van der Waals surface area contributed by atoms with E-state index in [-0.39, 0.29) is 24.3 Å². The number of aryl methyl sites for hydroxylation is 1. The monoisotopic (exact) mass is 362 g/mol. The van der Waals surface area contributed by atoms with Crippen LogP contribution in [0.3, 0.4) is 0 Å². The van der Waals surface area contributed by atoms with Gasteiger partial charge in [-0.15, -0.1) is 0 Å². The van der Waals surface area contributed by atoms with E-state index >= 15 is 0 Å². The first-order valence-corrected chi connectivity index (χ1v) is 8.56. The van der Waals surface area contributed by atoms with E-state index in [0.717, 1.165) is 28.8 Å². The molecule has 3 nitrogen and oxygen atoms in total. The molecule has 2 aromatic carbocycles. The van der Waals surface area contributed by atoms with Crippen molar-refractivity contribution in [1.82, 2.24) is 10.6 Å². The van der Waals surface area contributed by atoms with Crippen LogP contribution in [0.15, 0.2) is 48.5 Å². The number of carbonyl (C=O) groups is 1. The molecule has 0 saturated carbocycles. The average molecular weight is 362 g/mol. The van der Waals surface area contributed by atoms with Crippen molar-refractivity contribution < 1.29 is 18.0 Å². The second-order valence-corrected chi connectivity index (χ2v) is 6.72. The van der Waals surface area contributed by atoms with E-state index in [2.05, 4.69) is 10.6 Å². The molecule has 0 bridgehead atoms. The van der Waals surface area contributed by atoms with Crippen LogP contribution in [0.2, 0.25) is 0 Å². The van der Waals surface area contributed by atoms with E-state index in [9.17, 15) is 18.0 Å². The van der Waals surface area contributed by atoms with Crippen LogP contribution in [0.25, 0.3) is 0 Å². The number of hydrogen-bond donors (Lipinski definition) is 2. The molecule has 1 saturated heterocycles. The predicted octanol–water partition coefficient (Wildman–Crippen LogP) is 3.43. The van der Waals surface area contributed by atoms with Gasteiger partial charge in [0.2, 0.25) is 5.91 Å². The number of nitrogens with one attached hydrogen (secondary N) is 2. The zero-order chi connectivity index (χ0) is 18.7. The summed E-state index contributed by atoms with van der Waals surface area (Å²) in [4.78, 5) is 12.4. The van der Waals surface area contributed by atoms with E-state index in [1.165, 1.54) is 12.1 Å². The van der Waals surface area contributed by atoms with Crippen molar-refractivity contribution in [2.24, 2.45) is 0 Å². The zero-order valence-electron chi connectivity index (χ0n) is 14.4. The van der Waals surface area contributed by atoms with Crippen molar-refractivity contribution >= 4 is 5.91 Å². The molecule has 2 atom stereocenters. The van der Waals surface area contributed by atoms with Gasteiger partial charge >= 0.3 is 6.18 Å². The lowest BCUT2D eigenvalue weighted by molar-refractivity contribution is -0.137. The Morgan fingerprint density at radius 2 is 1.88 bits per heavy atom. The molecule has 0 radical (unpaired) electrons. The lowest BCUT2D eigenvalue weighted by Gasteiger charge is -2.21. The molecule has 2 unspecified atom stereocenters. The summed E-state index contributed by atoms with van der Waals surface area (Å²) in [6, 6.07) is 12.8. The number of hydrogen-bond acceptors (Lipinski definition) is 2. The summed E-state index contributed by atoms with van der Waals surface area (Å²) in [5.74, 6) is -0.125. The fourth-order valence-corrected chi connectivity index (χ4v) is 3.37. The first-order valence-electron chi connectivity index (χ1n) is 8.56. The maximum atomic E-state index is 12.7. The van der Waals surface area contributed by atoms with Crippen LogP contribution >= 0.6 is 0 Å². The van der Waals surface area contributed by atoms with Crippen molar-refractivity contribution in [2.75, 3.05) is 13.1 Å². The van der Waals surface area contributed by atoms with Crippen molar-refractivity contribution in [3.63, 3.8) is 0 Å². The van der Waals surface area contributed by atoms with Crippen LogP contribution < -0.4 is 10.6 Å². The first-order chi connectivity index (χ1) is 12.3. The van der Waals surface area contributed by atoms with E-state index < -0.39 is 11.7 Å². The SMILES string of the molecule is Cc1cccc(CC(=O)NC2CNCC2c2ccc(C(F)(F)F)cc2)c1. The molecule has 1 aliphatic heterocycles. The van der Waals surface area contributed by atoms with Gasteiger partial charge in [0.05, 0.1) is 12.0 Å². The molecule has 26 heavy (non-hydrogen) atoms. The smallest absolute Gasteiger partial charge is 0.351 e. The third-order valence-corrected chi connectivity index (χ3v) is 4.67. The summed E-state index contributed by atoms with van der Waals surface area (Å²) < 4.78 is 38.1. The van der Waals surface area contributed by atoms with Crippen LogP contribution in [0.5, 0.6) is 0 Å². The molecule has 0 aliphatic carbocycles. The minimum absolute atomic E-state index is 0.0428. The summed E-state index contributed by atoms with van der Waals surface area (Å²) in [7, 11) is 0. The molecule has 2 N–H and O–H groups in total. The van der Waals surface area contributed by atoms with Crippen LogP contribution in [0.1, 0.15) is 28.2 Å². The summed E-state index contributed by atoms with van der Waals surface area (Å²) in [5.41, 5.74) is 2.18. The molecule has 3 rings (SSSR count). The summed E-state index contributed by atoms with van der Waals surface area (Å²) in [5, 5.41) is 6.22. The molecule has 1 heterocycles. The highest BCUT2D eigenvalue weighted by atomic mass is 19.4. The molecule has 1 aliphatic rings. The van der Waals surface area contributed by atoms with Crippen LogP contribution in [0.4, 0.5) is 13.2 Å². The Morgan fingerprint density at radius 3 is 2.54 bits per heavy atom. The van der Waals surface area contributed by atoms with Crippen molar-refractivity contribution in [2.45, 2.75) is 31.5 Å². The van der Waals surface area contributed by atoms with Gasteiger partial charge in [-0.2, -0.15) is 13.2 Å². The Hall–Kier alpha value is -2.34. The van der Waals surface area contributed by atoms with Crippen LogP contribution in [-0.2, 0) is 17.4 Å². The lowest BCUT2D eigenvalue weighted by Crippen LogP contribution is -2.40. The van der Waals surface area contributed by atoms with Gasteiger partial charge in [-0.25, -0.2) is 0 Å². The second kappa shape index (κ2) is 7.50. The molecule has 0 spiro atoms. The van der Waals surface area contributed by atoms with Crippen LogP contribution in [0, 0.1) is 6.92 Å². The minimum Gasteiger partial charge on any atom is -0.351 e. The summed E-state index contributed by atoms with van der Waals surface area (Å²) in [6.45, 7) is 3.20. The molecule has 2 aromatic rings. The van der Waals surface area contributed by atoms with Gasteiger partial charge in [-0.1, -0.05) is 42.0 Å². The molecular weight excluding hydrogens is 341 g/mol. The predicted molar refractivity (Wildman–Crippen MR) is 93.9 cm³/mol.